The van der Waals surface area contributed by atoms with E-state index >= 15 is 0 Å². The van der Waals surface area contributed by atoms with Gasteiger partial charge in [0.25, 0.3) is 0 Å². The van der Waals surface area contributed by atoms with Gasteiger partial charge in [-0.05, 0) is 25.5 Å². The smallest absolute Gasteiger partial charge is 0.237 e. The van der Waals surface area contributed by atoms with Crippen molar-refractivity contribution >= 4 is 5.91 Å². The summed E-state index contributed by atoms with van der Waals surface area (Å²) in [4.78, 5) is 16.6. The molecule has 5 heteroatoms. The summed E-state index contributed by atoms with van der Waals surface area (Å²) in [5, 5.41) is 9.58. The molecule has 0 aliphatic carbocycles. The first-order valence-corrected chi connectivity index (χ1v) is 8.88. The third-order valence-corrected chi connectivity index (χ3v) is 4.72. The summed E-state index contributed by atoms with van der Waals surface area (Å²) in [6.07, 6.45) is 0. The van der Waals surface area contributed by atoms with Crippen LogP contribution in [0.5, 0.6) is 11.5 Å². The lowest BCUT2D eigenvalue weighted by Crippen LogP contribution is -2.49. The summed E-state index contributed by atoms with van der Waals surface area (Å²) in [6.45, 7) is 7.40. The zero-order chi connectivity index (χ0) is 18.7. The highest BCUT2D eigenvalue weighted by atomic mass is 16.5. The lowest BCUT2D eigenvalue weighted by molar-refractivity contribution is -0.136. The van der Waals surface area contributed by atoms with Crippen molar-refractivity contribution in [1.82, 2.24) is 9.80 Å². The predicted octanol–water partition coefficient (Wildman–Crippen LogP) is 2.86. The molecular formula is C21H26N2O3. The van der Waals surface area contributed by atoms with Gasteiger partial charge in [0.15, 0.2) is 0 Å². The molecule has 1 amide bonds. The molecule has 1 heterocycles. The largest absolute Gasteiger partial charge is 0.508 e. The lowest BCUT2D eigenvalue weighted by atomic mass is 10.1. The third kappa shape index (κ3) is 4.35. The van der Waals surface area contributed by atoms with E-state index in [9.17, 15) is 9.90 Å². The van der Waals surface area contributed by atoms with Gasteiger partial charge in [-0.25, -0.2) is 0 Å². The van der Waals surface area contributed by atoms with E-state index in [1.54, 1.807) is 19.2 Å². The van der Waals surface area contributed by atoms with Crippen LogP contribution in [0.3, 0.4) is 0 Å². The van der Waals surface area contributed by atoms with Crippen molar-refractivity contribution in [3.05, 3.63) is 58.7 Å². The molecule has 2 aromatic rings. The molecule has 5 nitrogen and oxygen atoms in total. The molecular weight excluding hydrogens is 328 g/mol. The first-order valence-electron chi connectivity index (χ1n) is 8.88. The zero-order valence-corrected chi connectivity index (χ0v) is 15.7. The molecule has 2 aromatic carbocycles. The number of amides is 1. The van der Waals surface area contributed by atoms with Crippen LogP contribution >= 0.6 is 0 Å². The molecule has 1 aliphatic rings. The van der Waals surface area contributed by atoms with E-state index in [-0.39, 0.29) is 11.7 Å². The molecule has 0 saturated carbocycles. The maximum atomic E-state index is 12.6. The van der Waals surface area contributed by atoms with E-state index in [1.807, 2.05) is 11.0 Å². The lowest BCUT2D eigenvalue weighted by Gasteiger charge is -2.34. The summed E-state index contributed by atoms with van der Waals surface area (Å²) >= 11 is 0. The molecule has 0 radical (unpaired) electrons. The maximum absolute atomic E-state index is 12.6. The van der Waals surface area contributed by atoms with E-state index in [2.05, 4.69) is 36.9 Å². The molecule has 1 saturated heterocycles. The van der Waals surface area contributed by atoms with Gasteiger partial charge in [-0.3, -0.25) is 9.69 Å². The summed E-state index contributed by atoms with van der Waals surface area (Å²) < 4.78 is 5.34. The van der Waals surface area contributed by atoms with Gasteiger partial charge in [-0.15, -0.1) is 0 Å². The van der Waals surface area contributed by atoms with Crippen LogP contribution < -0.4 is 4.74 Å². The number of nitrogens with zero attached hydrogens (tertiary/aromatic N) is 2. The number of phenols is 1. The highest BCUT2D eigenvalue weighted by molar-refractivity contribution is 5.79. The number of carbonyl (C=O) groups is 1. The van der Waals surface area contributed by atoms with Gasteiger partial charge in [0, 0.05) is 37.8 Å². The normalized spacial score (nSPS) is 15.3. The van der Waals surface area contributed by atoms with Crippen molar-refractivity contribution in [3.8, 4) is 11.5 Å². The number of phenolic OH excluding ortho intramolecular Hbond substituents is 1. The second-order valence-corrected chi connectivity index (χ2v) is 7.02. The van der Waals surface area contributed by atoms with E-state index in [0.29, 0.717) is 31.9 Å². The SMILES string of the molecule is COc1cc(O)ccc1CN1CCN(Cc2cc(C)cc(C)c2)C(=O)C1. The Morgan fingerprint density at radius 3 is 2.42 bits per heavy atom. The molecule has 3 rings (SSSR count). The summed E-state index contributed by atoms with van der Waals surface area (Å²) in [6, 6.07) is 11.5. The van der Waals surface area contributed by atoms with Crippen molar-refractivity contribution in [1.29, 1.82) is 0 Å². The molecule has 138 valence electrons. The fourth-order valence-electron chi connectivity index (χ4n) is 3.54. The van der Waals surface area contributed by atoms with Gasteiger partial charge >= 0.3 is 0 Å². The van der Waals surface area contributed by atoms with Gasteiger partial charge in [0.2, 0.25) is 5.91 Å². The monoisotopic (exact) mass is 354 g/mol. The van der Waals surface area contributed by atoms with Crippen molar-refractivity contribution in [2.24, 2.45) is 0 Å². The minimum Gasteiger partial charge on any atom is -0.508 e. The van der Waals surface area contributed by atoms with Gasteiger partial charge in [-0.2, -0.15) is 0 Å². The zero-order valence-electron chi connectivity index (χ0n) is 15.7. The van der Waals surface area contributed by atoms with E-state index < -0.39 is 0 Å². The van der Waals surface area contributed by atoms with E-state index in [4.69, 9.17) is 4.74 Å². The quantitative estimate of drug-likeness (QED) is 0.897. The minimum absolute atomic E-state index is 0.146. The number of aryl methyl sites for hydroxylation is 2. The molecule has 26 heavy (non-hydrogen) atoms. The van der Waals surface area contributed by atoms with Gasteiger partial charge < -0.3 is 14.7 Å². The Hall–Kier alpha value is -2.53. The van der Waals surface area contributed by atoms with Crippen molar-refractivity contribution in [3.63, 3.8) is 0 Å². The minimum atomic E-state index is 0.146. The Bertz CT molecular complexity index is 784. The Kier molecular flexibility index (Phi) is 5.47. The maximum Gasteiger partial charge on any atom is 0.237 e. The number of piperazine rings is 1. The van der Waals surface area contributed by atoms with Crippen molar-refractivity contribution < 1.29 is 14.6 Å². The van der Waals surface area contributed by atoms with Crippen LogP contribution in [0.25, 0.3) is 0 Å². The van der Waals surface area contributed by atoms with Gasteiger partial charge in [0.1, 0.15) is 11.5 Å². The summed E-state index contributed by atoms with van der Waals surface area (Å²) in [5.74, 6) is 0.975. The standard InChI is InChI=1S/C21H26N2O3/c1-15-8-16(2)10-17(9-15)12-23-7-6-22(14-21(23)25)13-18-4-5-19(24)11-20(18)26-3/h4-5,8-11,24H,6-7,12-14H2,1-3H3. The van der Waals surface area contributed by atoms with Crippen LogP contribution in [0, 0.1) is 13.8 Å². The highest BCUT2D eigenvalue weighted by Crippen LogP contribution is 2.25. The van der Waals surface area contributed by atoms with Crippen molar-refractivity contribution in [2.45, 2.75) is 26.9 Å². The fraction of sp³-hybridized carbons (Fsp3) is 0.381. The number of carbonyl (C=O) groups excluding carboxylic acids is 1. The molecule has 0 spiro atoms. The number of benzene rings is 2. The fourth-order valence-corrected chi connectivity index (χ4v) is 3.54. The van der Waals surface area contributed by atoms with Crippen LogP contribution in [0.2, 0.25) is 0 Å². The number of hydrogen-bond acceptors (Lipinski definition) is 4. The molecule has 0 atom stereocenters. The number of rotatable bonds is 5. The average Bonchev–Trinajstić information content (AvgIpc) is 2.58. The Labute approximate surface area is 154 Å². The molecule has 1 fully saturated rings. The topological polar surface area (TPSA) is 53.0 Å². The Balaban J connectivity index is 1.62. The summed E-state index contributed by atoms with van der Waals surface area (Å²) in [7, 11) is 1.59. The van der Waals surface area contributed by atoms with Crippen LogP contribution in [0.4, 0.5) is 0 Å². The molecule has 0 bridgehead atoms. The van der Waals surface area contributed by atoms with Gasteiger partial charge in [0.05, 0.1) is 13.7 Å². The van der Waals surface area contributed by atoms with Crippen LogP contribution in [0.1, 0.15) is 22.3 Å². The average molecular weight is 354 g/mol. The van der Waals surface area contributed by atoms with E-state index in [1.165, 1.54) is 16.7 Å². The number of hydrogen-bond donors (Lipinski definition) is 1. The summed E-state index contributed by atoms with van der Waals surface area (Å²) in [5.41, 5.74) is 4.61. The van der Waals surface area contributed by atoms with Crippen molar-refractivity contribution in [2.75, 3.05) is 26.7 Å². The Morgan fingerprint density at radius 1 is 1.04 bits per heavy atom. The molecule has 0 aromatic heterocycles. The third-order valence-electron chi connectivity index (χ3n) is 4.72. The second kappa shape index (κ2) is 7.79. The predicted molar refractivity (Wildman–Crippen MR) is 101 cm³/mol. The first-order chi connectivity index (χ1) is 12.4. The van der Waals surface area contributed by atoms with Crippen LogP contribution in [0.15, 0.2) is 36.4 Å². The molecule has 0 unspecified atom stereocenters. The number of aromatic hydroxyl groups is 1. The highest BCUT2D eigenvalue weighted by Gasteiger charge is 2.24. The molecule has 1 N–H and O–H groups in total. The van der Waals surface area contributed by atoms with Crippen LogP contribution in [-0.4, -0.2) is 47.6 Å². The molecule has 1 aliphatic heterocycles. The van der Waals surface area contributed by atoms with E-state index in [0.717, 1.165) is 12.1 Å². The number of methoxy groups -OCH3 is 1. The Morgan fingerprint density at radius 2 is 1.77 bits per heavy atom. The second-order valence-electron chi connectivity index (χ2n) is 7.02. The van der Waals surface area contributed by atoms with Crippen LogP contribution in [-0.2, 0) is 17.9 Å². The first kappa shape index (κ1) is 18.3. The number of ether oxygens (including phenoxy) is 1. The van der Waals surface area contributed by atoms with Gasteiger partial charge in [-0.1, -0.05) is 35.4 Å².